The van der Waals surface area contributed by atoms with E-state index in [4.69, 9.17) is 14.2 Å². The van der Waals surface area contributed by atoms with E-state index in [0.29, 0.717) is 29.7 Å². The molecule has 3 atom stereocenters. The molecule has 2 aromatic rings. The van der Waals surface area contributed by atoms with Gasteiger partial charge in [0.25, 0.3) is 0 Å². The van der Waals surface area contributed by atoms with Gasteiger partial charge in [0.05, 0.1) is 25.9 Å². The number of dihydropyridines is 1. The van der Waals surface area contributed by atoms with Crippen molar-refractivity contribution in [2.45, 2.75) is 51.9 Å². The van der Waals surface area contributed by atoms with E-state index >= 15 is 0 Å². The van der Waals surface area contributed by atoms with Crippen LogP contribution in [0.15, 0.2) is 64.3 Å². The molecule has 2 aliphatic rings. The van der Waals surface area contributed by atoms with Crippen molar-refractivity contribution in [1.82, 2.24) is 5.32 Å². The third-order valence-corrected chi connectivity index (χ3v) is 7.78. The van der Waals surface area contributed by atoms with Crippen LogP contribution in [0, 0.1) is 5.92 Å². The minimum Gasteiger partial charge on any atom is -0.497 e. The molecule has 4 rings (SSSR count). The fourth-order valence-electron chi connectivity index (χ4n) is 5.27. The third-order valence-electron chi connectivity index (χ3n) is 6.78. The van der Waals surface area contributed by atoms with Gasteiger partial charge in [0, 0.05) is 33.7 Å². The molecule has 1 N–H and O–H groups in total. The molecule has 1 aliphatic carbocycles. The fraction of sp³-hybridized carbons (Fsp3) is 0.414. The molecule has 0 radical (unpaired) electrons. The quantitative estimate of drug-likeness (QED) is 0.355. The summed E-state index contributed by atoms with van der Waals surface area (Å²) < 4.78 is 16.3. The highest BCUT2D eigenvalue weighted by Crippen LogP contribution is 2.49. The van der Waals surface area contributed by atoms with E-state index in [1.165, 1.54) is 11.3 Å². The first kappa shape index (κ1) is 26.7. The Balaban J connectivity index is 1.93. The summed E-state index contributed by atoms with van der Waals surface area (Å²) in [5.41, 5.74) is 3.05. The predicted molar refractivity (Wildman–Crippen MR) is 141 cm³/mol. The first-order valence-corrected chi connectivity index (χ1v) is 13.6. The molecule has 196 valence electrons. The average Bonchev–Trinajstić information content (AvgIpc) is 3.43. The van der Waals surface area contributed by atoms with Crippen LogP contribution in [0.25, 0.3) is 0 Å². The Hall–Kier alpha value is -3.39. The molecule has 0 saturated carbocycles. The van der Waals surface area contributed by atoms with E-state index in [2.05, 4.69) is 5.32 Å². The number of allylic oxidation sites excluding steroid dienone is 3. The van der Waals surface area contributed by atoms with Crippen molar-refractivity contribution in [2.75, 3.05) is 20.3 Å². The molecule has 2 heterocycles. The topological polar surface area (TPSA) is 90.9 Å². The Labute approximate surface area is 221 Å². The van der Waals surface area contributed by atoms with Crippen LogP contribution < -0.4 is 10.1 Å². The number of esters is 2. The lowest BCUT2D eigenvalue weighted by molar-refractivity contribution is -0.152. The first-order valence-electron chi connectivity index (χ1n) is 12.7. The summed E-state index contributed by atoms with van der Waals surface area (Å²) in [5.74, 6) is -2.77. The van der Waals surface area contributed by atoms with Crippen molar-refractivity contribution in [2.24, 2.45) is 5.92 Å². The van der Waals surface area contributed by atoms with Crippen LogP contribution in [0.1, 0.15) is 62.3 Å². The van der Waals surface area contributed by atoms with Gasteiger partial charge in [-0.05, 0) is 55.8 Å². The monoisotopic (exact) mass is 523 g/mol. The number of hydrogen-bond donors (Lipinski definition) is 1. The summed E-state index contributed by atoms with van der Waals surface area (Å²) in [6.45, 7) is 5.92. The highest BCUT2D eigenvalue weighted by Gasteiger charge is 2.49. The summed E-state index contributed by atoms with van der Waals surface area (Å²) in [7, 11) is 1.57. The van der Waals surface area contributed by atoms with Gasteiger partial charge in [-0.1, -0.05) is 31.5 Å². The molecule has 8 heteroatoms. The second-order valence-corrected chi connectivity index (χ2v) is 9.99. The van der Waals surface area contributed by atoms with Crippen molar-refractivity contribution in [3.8, 4) is 5.75 Å². The number of ether oxygens (including phenoxy) is 3. The van der Waals surface area contributed by atoms with Gasteiger partial charge in [0.2, 0.25) is 0 Å². The lowest BCUT2D eigenvalue weighted by Crippen LogP contribution is -2.43. The summed E-state index contributed by atoms with van der Waals surface area (Å²) in [6, 6.07) is 11.2. The van der Waals surface area contributed by atoms with E-state index in [9.17, 15) is 14.4 Å². The molecule has 1 aliphatic heterocycles. The standard InChI is InChI=1S/C29H33NO6S/c1-5-10-20-26(29(33)36-7-3)23(17-11-8-12-18(15-17)34-4)25-21(30-20)16-19(22-13-9-14-37-22)24(27(25)31)28(32)35-6-2/h8-9,11-15,19,23-24,30H,5-7,10,16H2,1-4H3. The minimum absolute atomic E-state index is 0.178. The van der Waals surface area contributed by atoms with Crippen molar-refractivity contribution >= 4 is 29.1 Å². The average molecular weight is 524 g/mol. The number of rotatable bonds is 9. The number of thiophene rings is 1. The maximum atomic E-state index is 14.3. The van der Waals surface area contributed by atoms with Crippen molar-refractivity contribution in [3.05, 3.63) is 74.8 Å². The van der Waals surface area contributed by atoms with Crippen LogP contribution in [0.4, 0.5) is 0 Å². The second-order valence-electron chi connectivity index (χ2n) is 9.01. The van der Waals surface area contributed by atoms with E-state index in [1.54, 1.807) is 21.0 Å². The molecule has 0 saturated heterocycles. The smallest absolute Gasteiger partial charge is 0.336 e. The predicted octanol–water partition coefficient (Wildman–Crippen LogP) is 5.25. The Morgan fingerprint density at radius 3 is 2.51 bits per heavy atom. The van der Waals surface area contributed by atoms with Crippen LogP contribution in [-0.2, 0) is 23.9 Å². The molecule has 1 aromatic carbocycles. The van der Waals surface area contributed by atoms with E-state index < -0.39 is 23.8 Å². The molecule has 0 spiro atoms. The maximum absolute atomic E-state index is 14.3. The fourth-order valence-corrected chi connectivity index (χ4v) is 6.14. The zero-order chi connectivity index (χ0) is 26.5. The minimum atomic E-state index is -0.997. The third kappa shape index (κ3) is 5.21. The van der Waals surface area contributed by atoms with Crippen LogP contribution in [0.5, 0.6) is 5.75 Å². The van der Waals surface area contributed by atoms with Gasteiger partial charge in [-0.15, -0.1) is 11.3 Å². The highest BCUT2D eigenvalue weighted by molar-refractivity contribution is 7.10. The largest absolute Gasteiger partial charge is 0.497 e. The first-order chi connectivity index (χ1) is 17.9. The molecule has 0 bridgehead atoms. The van der Waals surface area contributed by atoms with Gasteiger partial charge in [-0.25, -0.2) is 4.79 Å². The molecule has 1 aromatic heterocycles. The number of ketones is 1. The van der Waals surface area contributed by atoms with Crippen LogP contribution in [0.3, 0.4) is 0 Å². The van der Waals surface area contributed by atoms with Crippen molar-refractivity contribution in [1.29, 1.82) is 0 Å². The highest BCUT2D eigenvalue weighted by atomic mass is 32.1. The number of nitrogens with one attached hydrogen (secondary N) is 1. The number of benzene rings is 1. The second kappa shape index (κ2) is 11.8. The van der Waals surface area contributed by atoms with Crippen molar-refractivity contribution < 1.29 is 28.6 Å². The van der Waals surface area contributed by atoms with E-state index in [1.807, 2.05) is 48.7 Å². The Morgan fingerprint density at radius 1 is 1.08 bits per heavy atom. The molecule has 0 amide bonds. The van der Waals surface area contributed by atoms with Gasteiger partial charge >= 0.3 is 11.9 Å². The van der Waals surface area contributed by atoms with Gasteiger partial charge in [-0.3, -0.25) is 9.59 Å². The zero-order valence-corrected chi connectivity index (χ0v) is 22.5. The van der Waals surface area contributed by atoms with Gasteiger partial charge in [-0.2, -0.15) is 0 Å². The van der Waals surface area contributed by atoms with Crippen LogP contribution >= 0.6 is 11.3 Å². The molecule has 37 heavy (non-hydrogen) atoms. The van der Waals surface area contributed by atoms with Crippen LogP contribution in [-0.4, -0.2) is 38.0 Å². The molecular weight excluding hydrogens is 490 g/mol. The van der Waals surface area contributed by atoms with E-state index in [0.717, 1.165) is 28.3 Å². The van der Waals surface area contributed by atoms with E-state index in [-0.39, 0.29) is 24.9 Å². The molecule has 0 fully saturated rings. The normalized spacial score (nSPS) is 21.3. The number of Topliss-reactive ketones (excluding diaryl/α,β-unsaturated/α-hetero) is 1. The molecule has 7 nitrogen and oxygen atoms in total. The van der Waals surface area contributed by atoms with Crippen molar-refractivity contribution in [3.63, 3.8) is 0 Å². The molecule has 3 unspecified atom stereocenters. The Morgan fingerprint density at radius 2 is 1.86 bits per heavy atom. The summed E-state index contributed by atoms with van der Waals surface area (Å²) >= 11 is 1.52. The summed E-state index contributed by atoms with van der Waals surface area (Å²) in [6.07, 6.45) is 1.87. The summed E-state index contributed by atoms with van der Waals surface area (Å²) in [5, 5.41) is 5.39. The molecular formula is C29H33NO6S. The summed E-state index contributed by atoms with van der Waals surface area (Å²) in [4.78, 5) is 41.9. The lowest BCUT2D eigenvalue weighted by atomic mass is 9.68. The zero-order valence-electron chi connectivity index (χ0n) is 21.7. The number of carbonyl (C=O) groups excluding carboxylic acids is 3. The maximum Gasteiger partial charge on any atom is 0.336 e. The van der Waals surface area contributed by atoms with Crippen LogP contribution in [0.2, 0.25) is 0 Å². The number of hydrogen-bond acceptors (Lipinski definition) is 8. The van der Waals surface area contributed by atoms with Gasteiger partial charge in [0.15, 0.2) is 5.78 Å². The van der Waals surface area contributed by atoms with Gasteiger partial charge in [0.1, 0.15) is 11.7 Å². The Kier molecular flexibility index (Phi) is 8.48. The number of carbonyl (C=O) groups is 3. The lowest BCUT2D eigenvalue weighted by Gasteiger charge is -2.39. The Bertz CT molecular complexity index is 1230. The SMILES string of the molecule is CCCC1=C(C(=O)OCC)C(c2cccc(OC)c2)C2=C(CC(c3cccs3)C(C(=O)OCC)C2=O)N1. The number of methoxy groups -OCH3 is 1. The van der Waals surface area contributed by atoms with Gasteiger partial charge < -0.3 is 19.5 Å².